The number of halogens is 2. The van der Waals surface area contributed by atoms with Gasteiger partial charge in [-0.2, -0.15) is 0 Å². The lowest BCUT2D eigenvalue weighted by molar-refractivity contribution is 0.00184. The van der Waals surface area contributed by atoms with Gasteiger partial charge in [0.1, 0.15) is 34.3 Å². The molecule has 0 amide bonds. The van der Waals surface area contributed by atoms with E-state index in [2.05, 4.69) is 31.9 Å². The van der Waals surface area contributed by atoms with Gasteiger partial charge in [0.25, 0.3) is 0 Å². The predicted molar refractivity (Wildman–Crippen MR) is 156 cm³/mol. The quantitative estimate of drug-likeness (QED) is 0.198. The number of fused-ring (bicyclic) bond motifs is 1. The highest BCUT2D eigenvalue weighted by molar-refractivity contribution is 9.10. The maximum Gasteiger partial charge on any atom is 0.343 e. The summed E-state index contributed by atoms with van der Waals surface area (Å²) in [6.07, 6.45) is -0.159. The molecule has 4 aromatic rings. The summed E-state index contributed by atoms with van der Waals surface area (Å²) in [5.74, 6) is -1.68. The number of phenols is 1. The van der Waals surface area contributed by atoms with Crippen LogP contribution in [0, 0.1) is 6.92 Å². The Labute approximate surface area is 246 Å². The Kier molecular flexibility index (Phi) is 8.11. The van der Waals surface area contributed by atoms with Crippen molar-refractivity contribution in [2.24, 2.45) is 0 Å². The summed E-state index contributed by atoms with van der Waals surface area (Å²) in [5.41, 5.74) is 0.735. The third-order valence-electron chi connectivity index (χ3n) is 6.86. The lowest BCUT2D eigenvalue weighted by atomic mass is 9.85. The lowest BCUT2D eigenvalue weighted by Crippen LogP contribution is -2.43. The van der Waals surface area contributed by atoms with Crippen molar-refractivity contribution in [3.63, 3.8) is 0 Å². The Morgan fingerprint density at radius 3 is 2.20 bits per heavy atom. The van der Waals surface area contributed by atoms with Gasteiger partial charge in [0.2, 0.25) is 0 Å². The monoisotopic (exact) mass is 669 g/mol. The van der Waals surface area contributed by atoms with E-state index in [4.69, 9.17) is 13.9 Å². The largest absolute Gasteiger partial charge is 0.507 e. The Bertz CT molecular complexity index is 1650. The SMILES string of the molecule is Cc1cc(=O)c2c(O)cc(OC(=O)c3ccc(Br)cc3)c(C3CCN(C)CC3OC(=O)c3ccc(Br)cc3)c2o1. The van der Waals surface area contributed by atoms with Crippen LogP contribution in [0.15, 0.2) is 78.8 Å². The number of aromatic hydroxyl groups is 1. The van der Waals surface area contributed by atoms with Gasteiger partial charge in [0.15, 0.2) is 5.43 Å². The fourth-order valence-corrected chi connectivity index (χ4v) is 5.45. The normalized spacial score (nSPS) is 17.5. The topological polar surface area (TPSA) is 106 Å². The Morgan fingerprint density at radius 1 is 0.975 bits per heavy atom. The van der Waals surface area contributed by atoms with Crippen LogP contribution in [0.25, 0.3) is 11.0 Å². The molecule has 3 aromatic carbocycles. The molecule has 8 nitrogen and oxygen atoms in total. The number of benzene rings is 3. The molecule has 0 aliphatic carbocycles. The highest BCUT2D eigenvalue weighted by Crippen LogP contribution is 2.43. The number of hydrogen-bond acceptors (Lipinski definition) is 8. The second-order valence-corrected chi connectivity index (χ2v) is 11.6. The zero-order valence-electron chi connectivity index (χ0n) is 21.6. The van der Waals surface area contributed by atoms with Crippen LogP contribution in [0.5, 0.6) is 11.5 Å². The van der Waals surface area contributed by atoms with Gasteiger partial charge in [0.05, 0.1) is 11.1 Å². The van der Waals surface area contributed by atoms with Crippen molar-refractivity contribution in [2.45, 2.75) is 25.4 Å². The van der Waals surface area contributed by atoms with E-state index in [1.807, 2.05) is 11.9 Å². The molecule has 1 aliphatic rings. The van der Waals surface area contributed by atoms with E-state index in [1.54, 1.807) is 55.5 Å². The summed E-state index contributed by atoms with van der Waals surface area (Å²) in [7, 11) is 1.92. The zero-order chi connectivity index (χ0) is 28.6. The van der Waals surface area contributed by atoms with Crippen LogP contribution in [0.4, 0.5) is 0 Å². The van der Waals surface area contributed by atoms with Crippen LogP contribution >= 0.6 is 31.9 Å². The number of esters is 2. The number of carbonyl (C=O) groups excluding carboxylic acids is 2. The van der Waals surface area contributed by atoms with Gasteiger partial charge in [0, 0.05) is 39.1 Å². The molecule has 40 heavy (non-hydrogen) atoms. The molecule has 0 saturated carbocycles. The van der Waals surface area contributed by atoms with Gasteiger partial charge in [-0.05, 0) is 75.5 Å². The minimum atomic E-state index is -0.668. The molecule has 2 atom stereocenters. The molecular formula is C30H25Br2NO7. The smallest absolute Gasteiger partial charge is 0.343 e. The van der Waals surface area contributed by atoms with E-state index in [9.17, 15) is 19.5 Å². The molecule has 2 unspecified atom stereocenters. The molecule has 0 bridgehead atoms. The van der Waals surface area contributed by atoms with Crippen molar-refractivity contribution in [1.82, 2.24) is 4.90 Å². The first-order chi connectivity index (χ1) is 19.1. The zero-order valence-corrected chi connectivity index (χ0v) is 24.8. The molecule has 2 heterocycles. The first kappa shape index (κ1) is 28.1. The predicted octanol–water partition coefficient (Wildman–Crippen LogP) is 6.20. The maximum atomic E-state index is 13.2. The molecule has 1 aromatic heterocycles. The number of hydrogen-bond donors (Lipinski definition) is 1. The molecule has 1 aliphatic heterocycles. The van der Waals surface area contributed by atoms with Crippen molar-refractivity contribution < 1.29 is 28.6 Å². The van der Waals surface area contributed by atoms with Gasteiger partial charge in [-0.15, -0.1) is 0 Å². The van der Waals surface area contributed by atoms with Crippen LogP contribution in [0.2, 0.25) is 0 Å². The van der Waals surface area contributed by atoms with Crippen LogP contribution in [0.3, 0.4) is 0 Å². The molecule has 10 heteroatoms. The number of likely N-dealkylation sites (tertiary alicyclic amines) is 1. The van der Waals surface area contributed by atoms with Gasteiger partial charge >= 0.3 is 11.9 Å². The molecular weight excluding hydrogens is 646 g/mol. The fraction of sp³-hybridized carbons (Fsp3) is 0.233. The molecule has 1 N–H and O–H groups in total. The second kappa shape index (κ2) is 11.6. The summed E-state index contributed by atoms with van der Waals surface area (Å²) in [5, 5.41) is 10.8. The summed E-state index contributed by atoms with van der Waals surface area (Å²) < 4.78 is 19.5. The molecule has 5 rings (SSSR count). The molecule has 1 saturated heterocycles. The van der Waals surface area contributed by atoms with Crippen molar-refractivity contribution in [3.05, 3.63) is 102 Å². The van der Waals surface area contributed by atoms with Crippen molar-refractivity contribution in [2.75, 3.05) is 20.1 Å². The van der Waals surface area contributed by atoms with Crippen LogP contribution in [-0.4, -0.2) is 48.2 Å². The number of aryl methyl sites for hydroxylation is 1. The van der Waals surface area contributed by atoms with Gasteiger partial charge in [-0.1, -0.05) is 31.9 Å². The number of likely N-dealkylation sites (N-methyl/N-ethyl adjacent to an activating group) is 1. The first-order valence-corrected chi connectivity index (χ1v) is 14.1. The molecule has 0 spiro atoms. The Hall–Kier alpha value is -3.47. The highest BCUT2D eigenvalue weighted by atomic mass is 79.9. The van der Waals surface area contributed by atoms with E-state index in [1.165, 1.54) is 12.1 Å². The molecule has 1 fully saturated rings. The van der Waals surface area contributed by atoms with E-state index in [0.717, 1.165) is 8.95 Å². The lowest BCUT2D eigenvalue weighted by Gasteiger charge is -2.37. The van der Waals surface area contributed by atoms with Crippen LogP contribution in [-0.2, 0) is 4.74 Å². The average molecular weight is 671 g/mol. The summed E-state index contributed by atoms with van der Waals surface area (Å²) in [6.45, 7) is 2.67. The van der Waals surface area contributed by atoms with Crippen molar-refractivity contribution >= 4 is 54.8 Å². The number of phenolic OH excluding ortho intramolecular Hbond substituents is 1. The number of carbonyl (C=O) groups is 2. The van der Waals surface area contributed by atoms with E-state index in [-0.39, 0.29) is 22.5 Å². The standard InChI is InChI=1S/C30H25Br2NO7/c1-16-13-22(34)27-23(35)14-24(39-29(36)17-3-7-19(31)8-4-17)26(28(27)38-16)21-11-12-33(2)15-25(21)40-30(37)18-5-9-20(32)10-6-18/h3-10,13-14,21,25,35H,11-12,15H2,1-2H3. The van der Waals surface area contributed by atoms with Gasteiger partial charge in [-0.3, -0.25) is 4.79 Å². The number of ether oxygens (including phenoxy) is 2. The minimum absolute atomic E-state index is 0.0269. The Balaban J connectivity index is 1.62. The maximum absolute atomic E-state index is 13.2. The van der Waals surface area contributed by atoms with Crippen molar-refractivity contribution in [3.8, 4) is 11.5 Å². The van der Waals surface area contributed by atoms with Crippen LogP contribution in [0.1, 0.15) is 44.4 Å². The van der Waals surface area contributed by atoms with E-state index in [0.29, 0.717) is 42.0 Å². The first-order valence-electron chi connectivity index (χ1n) is 12.5. The van der Waals surface area contributed by atoms with Gasteiger partial charge in [-0.25, -0.2) is 9.59 Å². The number of nitrogens with zero attached hydrogens (tertiary/aromatic N) is 1. The highest BCUT2D eigenvalue weighted by Gasteiger charge is 2.37. The van der Waals surface area contributed by atoms with Crippen molar-refractivity contribution in [1.29, 1.82) is 0 Å². The van der Waals surface area contributed by atoms with E-state index < -0.39 is 29.4 Å². The van der Waals surface area contributed by atoms with E-state index >= 15 is 0 Å². The second-order valence-electron chi connectivity index (χ2n) is 9.74. The summed E-state index contributed by atoms with van der Waals surface area (Å²) in [6, 6.07) is 16.0. The average Bonchev–Trinajstić information content (AvgIpc) is 2.90. The third kappa shape index (κ3) is 5.84. The minimum Gasteiger partial charge on any atom is -0.507 e. The summed E-state index contributed by atoms with van der Waals surface area (Å²) in [4.78, 5) is 41.3. The fourth-order valence-electron chi connectivity index (χ4n) is 4.92. The molecule has 0 radical (unpaired) electrons. The Morgan fingerprint density at radius 2 is 1.57 bits per heavy atom. The van der Waals surface area contributed by atoms with Gasteiger partial charge < -0.3 is 23.9 Å². The van der Waals surface area contributed by atoms with Crippen LogP contribution < -0.4 is 10.2 Å². The molecule has 206 valence electrons. The third-order valence-corrected chi connectivity index (χ3v) is 7.92. The summed E-state index contributed by atoms with van der Waals surface area (Å²) >= 11 is 6.72. The number of piperidine rings is 1. The number of rotatable bonds is 5.